The van der Waals surface area contributed by atoms with Crippen LogP contribution in [0.2, 0.25) is 0 Å². The maximum Gasteiger partial charge on any atom is 0.260 e. The van der Waals surface area contributed by atoms with Gasteiger partial charge in [0.1, 0.15) is 5.75 Å². The number of hydrogen-bond donors (Lipinski definition) is 0. The molecule has 3 rings (SSSR count). The summed E-state index contributed by atoms with van der Waals surface area (Å²) in [4.78, 5) is 14.4. The van der Waals surface area contributed by atoms with Gasteiger partial charge in [0.25, 0.3) is 5.91 Å². The van der Waals surface area contributed by atoms with E-state index in [-0.39, 0.29) is 12.5 Å². The lowest BCUT2D eigenvalue weighted by Crippen LogP contribution is -2.38. The van der Waals surface area contributed by atoms with Crippen LogP contribution in [0.3, 0.4) is 0 Å². The molecule has 0 saturated carbocycles. The van der Waals surface area contributed by atoms with Crippen LogP contribution in [0.25, 0.3) is 0 Å². The number of carbonyl (C=O) groups is 1. The minimum absolute atomic E-state index is 0.00283. The van der Waals surface area contributed by atoms with Crippen molar-refractivity contribution in [3.63, 3.8) is 0 Å². The zero-order valence-corrected chi connectivity index (χ0v) is 17.7. The molecule has 7 heteroatoms. The van der Waals surface area contributed by atoms with Gasteiger partial charge >= 0.3 is 0 Å². The third-order valence-electron chi connectivity index (χ3n) is 4.32. The van der Waals surface area contributed by atoms with Crippen LogP contribution in [0.15, 0.2) is 39.3 Å². The summed E-state index contributed by atoms with van der Waals surface area (Å²) in [7, 11) is 3.24. The lowest BCUT2D eigenvalue weighted by Gasteiger charge is -2.29. The zero-order valence-electron chi connectivity index (χ0n) is 14.6. The van der Waals surface area contributed by atoms with Crippen LogP contribution in [0.5, 0.6) is 17.2 Å². The van der Waals surface area contributed by atoms with Gasteiger partial charge in [-0.1, -0.05) is 15.9 Å². The Morgan fingerprint density at radius 2 is 1.73 bits per heavy atom. The van der Waals surface area contributed by atoms with Crippen LogP contribution in [0.1, 0.15) is 11.1 Å². The van der Waals surface area contributed by atoms with Gasteiger partial charge in [0.15, 0.2) is 18.1 Å². The van der Waals surface area contributed by atoms with E-state index in [0.717, 1.165) is 26.7 Å². The van der Waals surface area contributed by atoms with Crippen LogP contribution < -0.4 is 14.2 Å². The van der Waals surface area contributed by atoms with Gasteiger partial charge in [-0.3, -0.25) is 4.79 Å². The van der Waals surface area contributed by atoms with Crippen molar-refractivity contribution in [3.8, 4) is 17.2 Å². The molecule has 1 heterocycles. The molecule has 1 amide bonds. The number of amides is 1. The second-order valence-electron chi connectivity index (χ2n) is 5.90. The second kappa shape index (κ2) is 8.31. The third kappa shape index (κ3) is 4.15. The van der Waals surface area contributed by atoms with Gasteiger partial charge < -0.3 is 19.1 Å². The van der Waals surface area contributed by atoms with Crippen molar-refractivity contribution >= 4 is 37.8 Å². The quantitative estimate of drug-likeness (QED) is 0.638. The van der Waals surface area contributed by atoms with Crippen molar-refractivity contribution in [2.45, 2.75) is 13.0 Å². The molecule has 0 saturated heterocycles. The van der Waals surface area contributed by atoms with Gasteiger partial charge in [-0.25, -0.2) is 0 Å². The number of nitrogens with zero attached hydrogens (tertiary/aromatic N) is 1. The van der Waals surface area contributed by atoms with E-state index in [1.807, 2.05) is 30.3 Å². The summed E-state index contributed by atoms with van der Waals surface area (Å²) in [5, 5.41) is 0. The highest BCUT2D eigenvalue weighted by molar-refractivity contribution is 9.11. The minimum atomic E-state index is -0.0414. The molecule has 0 atom stereocenters. The smallest absolute Gasteiger partial charge is 0.260 e. The summed E-state index contributed by atoms with van der Waals surface area (Å²) in [5.41, 5.74) is 2.26. The van der Waals surface area contributed by atoms with Gasteiger partial charge in [0.2, 0.25) is 0 Å². The normalized spacial score (nSPS) is 13.2. The first-order valence-corrected chi connectivity index (χ1v) is 9.70. The molecular formula is C19H19Br2NO4. The monoisotopic (exact) mass is 483 g/mol. The summed E-state index contributed by atoms with van der Waals surface area (Å²) >= 11 is 6.83. The Kier molecular flexibility index (Phi) is 6.09. The number of ether oxygens (including phenoxy) is 3. The standard InChI is InChI=1S/C19H19Br2NO4/c1-24-17-7-12-5-6-22(10-13(12)8-18(17)25-2)19(23)11-26-16-4-3-14(20)9-15(16)21/h3-4,7-9H,5-6,10-11H2,1-2H3. The number of halogens is 2. The van der Waals surface area contributed by atoms with Crippen LogP contribution in [-0.4, -0.2) is 38.2 Å². The Morgan fingerprint density at radius 3 is 2.38 bits per heavy atom. The van der Waals surface area contributed by atoms with Crippen LogP contribution in [-0.2, 0) is 17.8 Å². The molecule has 0 unspecified atom stereocenters. The Labute approximate surface area is 169 Å². The molecule has 1 aliphatic rings. The summed E-state index contributed by atoms with van der Waals surface area (Å²) < 4.78 is 18.1. The zero-order chi connectivity index (χ0) is 18.7. The van der Waals surface area contributed by atoms with E-state index in [1.165, 1.54) is 5.56 Å². The van der Waals surface area contributed by atoms with E-state index >= 15 is 0 Å². The fraction of sp³-hybridized carbons (Fsp3) is 0.316. The van der Waals surface area contributed by atoms with Crippen molar-refractivity contribution in [3.05, 3.63) is 50.4 Å². The fourth-order valence-electron chi connectivity index (χ4n) is 2.92. The average molecular weight is 485 g/mol. The van der Waals surface area contributed by atoms with Gasteiger partial charge in [0, 0.05) is 17.6 Å². The molecule has 0 spiro atoms. The molecule has 2 aromatic rings. The summed E-state index contributed by atoms with van der Waals surface area (Å²) in [6.45, 7) is 1.20. The maximum absolute atomic E-state index is 12.6. The third-order valence-corrected chi connectivity index (χ3v) is 5.43. The first kappa shape index (κ1) is 19.0. The first-order chi connectivity index (χ1) is 12.5. The number of fused-ring (bicyclic) bond motifs is 1. The molecule has 0 fully saturated rings. The average Bonchev–Trinajstić information content (AvgIpc) is 2.65. The van der Waals surface area contributed by atoms with Crippen molar-refractivity contribution in [2.24, 2.45) is 0 Å². The number of rotatable bonds is 5. The lowest BCUT2D eigenvalue weighted by molar-refractivity contribution is -0.134. The van der Waals surface area contributed by atoms with E-state index < -0.39 is 0 Å². The summed E-state index contributed by atoms with van der Waals surface area (Å²) in [5.74, 6) is 2.00. The lowest BCUT2D eigenvalue weighted by atomic mass is 9.99. The topological polar surface area (TPSA) is 48.0 Å². The summed E-state index contributed by atoms with van der Waals surface area (Å²) in [6.07, 6.45) is 0.781. The number of carbonyl (C=O) groups excluding carboxylic acids is 1. The van der Waals surface area contributed by atoms with Crippen LogP contribution in [0, 0.1) is 0 Å². The van der Waals surface area contributed by atoms with Gasteiger partial charge in [-0.15, -0.1) is 0 Å². The van der Waals surface area contributed by atoms with Gasteiger partial charge in [-0.2, -0.15) is 0 Å². The molecule has 2 aromatic carbocycles. The largest absolute Gasteiger partial charge is 0.493 e. The van der Waals surface area contributed by atoms with E-state index in [0.29, 0.717) is 24.6 Å². The minimum Gasteiger partial charge on any atom is -0.493 e. The van der Waals surface area contributed by atoms with Crippen molar-refractivity contribution < 1.29 is 19.0 Å². The summed E-state index contributed by atoms with van der Waals surface area (Å²) in [6, 6.07) is 9.52. The molecule has 0 aromatic heterocycles. The number of methoxy groups -OCH3 is 2. The molecule has 0 N–H and O–H groups in total. The molecule has 1 aliphatic heterocycles. The number of hydrogen-bond acceptors (Lipinski definition) is 4. The molecule has 138 valence electrons. The fourth-order valence-corrected chi connectivity index (χ4v) is 4.08. The predicted molar refractivity (Wildman–Crippen MR) is 106 cm³/mol. The SMILES string of the molecule is COc1cc2c(cc1OC)CN(C(=O)COc1ccc(Br)cc1Br)CC2. The highest BCUT2D eigenvalue weighted by atomic mass is 79.9. The highest BCUT2D eigenvalue weighted by Gasteiger charge is 2.23. The second-order valence-corrected chi connectivity index (χ2v) is 7.67. The molecular weight excluding hydrogens is 466 g/mol. The Morgan fingerprint density at radius 1 is 1.04 bits per heavy atom. The maximum atomic E-state index is 12.6. The number of benzene rings is 2. The Bertz CT molecular complexity index is 825. The van der Waals surface area contributed by atoms with Crippen LogP contribution >= 0.6 is 31.9 Å². The van der Waals surface area contributed by atoms with Gasteiger partial charge in [0.05, 0.1) is 18.7 Å². The van der Waals surface area contributed by atoms with E-state index in [1.54, 1.807) is 19.1 Å². The van der Waals surface area contributed by atoms with E-state index in [9.17, 15) is 4.79 Å². The Hall–Kier alpha value is -1.73. The van der Waals surface area contributed by atoms with E-state index in [2.05, 4.69) is 31.9 Å². The predicted octanol–water partition coefficient (Wildman–Crippen LogP) is 4.19. The van der Waals surface area contributed by atoms with Crippen molar-refractivity contribution in [1.82, 2.24) is 4.90 Å². The molecule has 0 aliphatic carbocycles. The van der Waals surface area contributed by atoms with Crippen molar-refractivity contribution in [1.29, 1.82) is 0 Å². The highest BCUT2D eigenvalue weighted by Crippen LogP contribution is 2.33. The molecule has 0 radical (unpaired) electrons. The molecule has 5 nitrogen and oxygen atoms in total. The van der Waals surface area contributed by atoms with Crippen molar-refractivity contribution in [2.75, 3.05) is 27.4 Å². The molecule has 0 bridgehead atoms. The molecule has 26 heavy (non-hydrogen) atoms. The van der Waals surface area contributed by atoms with Crippen LogP contribution in [0.4, 0.5) is 0 Å². The Balaban J connectivity index is 1.67. The van der Waals surface area contributed by atoms with E-state index in [4.69, 9.17) is 14.2 Å². The van der Waals surface area contributed by atoms with Gasteiger partial charge in [-0.05, 0) is 63.8 Å². The first-order valence-electron chi connectivity index (χ1n) is 8.11.